The minimum atomic E-state index is 0.0201. The Kier molecular flexibility index (Phi) is 6.94. The third kappa shape index (κ3) is 5.73. The fourth-order valence-corrected chi connectivity index (χ4v) is 3.19. The van der Waals surface area contributed by atoms with Gasteiger partial charge in [0.2, 0.25) is 5.91 Å². The van der Waals surface area contributed by atoms with Crippen molar-refractivity contribution in [1.29, 1.82) is 0 Å². The molecule has 0 unspecified atom stereocenters. The van der Waals surface area contributed by atoms with Crippen LogP contribution < -0.4 is 5.32 Å². The number of aromatic nitrogens is 1. The number of carbonyl (C=O) groups excluding carboxylic acids is 1. The van der Waals surface area contributed by atoms with Crippen molar-refractivity contribution < 1.29 is 4.79 Å². The van der Waals surface area contributed by atoms with E-state index in [4.69, 9.17) is 0 Å². The highest BCUT2D eigenvalue weighted by Gasteiger charge is 2.09. The van der Waals surface area contributed by atoms with Crippen LogP contribution in [-0.2, 0) is 24.3 Å². The molecule has 0 saturated heterocycles. The van der Waals surface area contributed by atoms with E-state index in [2.05, 4.69) is 67.3 Å². The van der Waals surface area contributed by atoms with Crippen molar-refractivity contribution in [3.05, 3.63) is 51.5 Å². The van der Waals surface area contributed by atoms with Crippen LogP contribution in [0.4, 0.5) is 0 Å². The van der Waals surface area contributed by atoms with E-state index in [1.165, 1.54) is 5.56 Å². The number of hydrogen-bond donors (Lipinski definition) is 1. The maximum absolute atomic E-state index is 12.1. The Morgan fingerprint density at radius 2 is 2.08 bits per heavy atom. The maximum atomic E-state index is 12.1. The van der Waals surface area contributed by atoms with Gasteiger partial charge in [-0.15, -0.1) is 11.3 Å². The van der Waals surface area contributed by atoms with Crippen LogP contribution in [0.2, 0.25) is 0 Å². The van der Waals surface area contributed by atoms with Crippen LogP contribution in [0.1, 0.15) is 48.5 Å². The van der Waals surface area contributed by atoms with Gasteiger partial charge in [0.25, 0.3) is 0 Å². The molecule has 1 N–H and O–H groups in total. The van der Waals surface area contributed by atoms with Crippen molar-refractivity contribution in [1.82, 2.24) is 15.2 Å². The van der Waals surface area contributed by atoms with E-state index in [0.29, 0.717) is 18.9 Å². The van der Waals surface area contributed by atoms with Crippen LogP contribution in [0, 0.1) is 0 Å². The number of nitrogens with zero attached hydrogens (tertiary/aromatic N) is 2. The normalized spacial score (nSPS) is 11.2. The van der Waals surface area contributed by atoms with E-state index in [0.717, 1.165) is 29.4 Å². The second-order valence-corrected chi connectivity index (χ2v) is 7.33. The summed E-state index contributed by atoms with van der Waals surface area (Å²) in [5.41, 5.74) is 3.26. The topological polar surface area (TPSA) is 45.2 Å². The Hall–Kier alpha value is -1.72. The van der Waals surface area contributed by atoms with E-state index in [1.54, 1.807) is 11.3 Å². The van der Waals surface area contributed by atoms with Crippen molar-refractivity contribution >= 4 is 17.2 Å². The van der Waals surface area contributed by atoms with Crippen LogP contribution in [-0.4, -0.2) is 29.4 Å². The van der Waals surface area contributed by atoms with Gasteiger partial charge < -0.3 is 10.2 Å². The molecule has 0 spiro atoms. The lowest BCUT2D eigenvalue weighted by Gasteiger charge is -2.14. The summed E-state index contributed by atoms with van der Waals surface area (Å²) < 4.78 is 0. The zero-order chi connectivity index (χ0) is 17.5. The van der Waals surface area contributed by atoms with Crippen LogP contribution in [0.3, 0.4) is 0 Å². The first-order chi connectivity index (χ1) is 11.5. The molecule has 1 heterocycles. The predicted molar refractivity (Wildman–Crippen MR) is 100 cm³/mol. The summed E-state index contributed by atoms with van der Waals surface area (Å²) in [4.78, 5) is 18.9. The van der Waals surface area contributed by atoms with Crippen LogP contribution >= 0.6 is 11.3 Å². The average Bonchev–Trinajstić information content (AvgIpc) is 3.02. The van der Waals surface area contributed by atoms with Crippen molar-refractivity contribution in [2.45, 2.75) is 46.2 Å². The summed E-state index contributed by atoms with van der Waals surface area (Å²) in [5, 5.41) is 6.06. The summed E-state index contributed by atoms with van der Waals surface area (Å²) in [6, 6.07) is 8.39. The highest BCUT2D eigenvalue weighted by molar-refractivity contribution is 7.09. The second-order valence-electron chi connectivity index (χ2n) is 6.44. The molecule has 2 rings (SSSR count). The molecule has 0 aliphatic heterocycles. The van der Waals surface area contributed by atoms with E-state index < -0.39 is 0 Å². The van der Waals surface area contributed by atoms with Crippen LogP contribution in [0.15, 0.2) is 29.6 Å². The number of rotatable bonds is 8. The zero-order valence-corrected chi connectivity index (χ0v) is 15.8. The Balaban J connectivity index is 1.85. The van der Waals surface area contributed by atoms with Gasteiger partial charge in [-0.3, -0.25) is 4.79 Å². The highest BCUT2D eigenvalue weighted by atomic mass is 32.1. The molecule has 2 aromatic rings. The van der Waals surface area contributed by atoms with E-state index in [9.17, 15) is 4.79 Å². The van der Waals surface area contributed by atoms with Gasteiger partial charge in [-0.1, -0.05) is 45.0 Å². The maximum Gasteiger partial charge on any atom is 0.226 e. The molecule has 0 aliphatic rings. The Morgan fingerprint density at radius 3 is 2.75 bits per heavy atom. The smallest absolute Gasteiger partial charge is 0.226 e. The van der Waals surface area contributed by atoms with Gasteiger partial charge in [0.1, 0.15) is 0 Å². The molecule has 0 fully saturated rings. The van der Waals surface area contributed by atoms with Crippen molar-refractivity contribution in [2.24, 2.45) is 0 Å². The minimum absolute atomic E-state index is 0.0201. The zero-order valence-electron chi connectivity index (χ0n) is 15.0. The minimum Gasteiger partial charge on any atom is -0.352 e. The number of hydrogen-bond acceptors (Lipinski definition) is 4. The SMILES string of the molecule is CCN(C)Cc1cccc(CNC(=O)Cc2csc(C(C)C)n2)c1. The summed E-state index contributed by atoms with van der Waals surface area (Å²) >= 11 is 1.63. The summed E-state index contributed by atoms with van der Waals surface area (Å²) in [7, 11) is 2.10. The molecule has 0 aliphatic carbocycles. The Morgan fingerprint density at radius 1 is 1.33 bits per heavy atom. The molecule has 1 aromatic carbocycles. The second kappa shape index (κ2) is 8.94. The van der Waals surface area contributed by atoms with Gasteiger partial charge in [0, 0.05) is 24.4 Å². The molecule has 1 aromatic heterocycles. The lowest BCUT2D eigenvalue weighted by Crippen LogP contribution is -2.25. The standard InChI is InChI=1S/C19H27N3OS/c1-5-22(4)12-16-8-6-7-15(9-16)11-20-18(23)10-17-13-24-19(21-17)14(2)3/h6-9,13-14H,5,10-12H2,1-4H3,(H,20,23). The molecular weight excluding hydrogens is 318 g/mol. The third-order valence-electron chi connectivity index (χ3n) is 3.88. The molecule has 130 valence electrons. The number of amides is 1. The third-order valence-corrected chi connectivity index (χ3v) is 5.07. The average molecular weight is 346 g/mol. The largest absolute Gasteiger partial charge is 0.352 e. The summed E-state index contributed by atoms with van der Waals surface area (Å²) in [5.74, 6) is 0.433. The van der Waals surface area contributed by atoms with Gasteiger partial charge in [-0.2, -0.15) is 0 Å². The van der Waals surface area contributed by atoms with E-state index in [-0.39, 0.29) is 5.91 Å². The number of nitrogens with one attached hydrogen (secondary N) is 1. The number of thiazole rings is 1. The lowest BCUT2D eigenvalue weighted by molar-refractivity contribution is -0.120. The van der Waals surface area contributed by atoms with Gasteiger partial charge >= 0.3 is 0 Å². The Labute approximate surface area is 148 Å². The van der Waals surface area contributed by atoms with Gasteiger partial charge in [0.15, 0.2) is 0 Å². The molecule has 1 amide bonds. The van der Waals surface area contributed by atoms with Crippen LogP contribution in [0.5, 0.6) is 0 Å². The molecule has 5 heteroatoms. The molecule has 0 bridgehead atoms. The van der Waals surface area contributed by atoms with Crippen LogP contribution in [0.25, 0.3) is 0 Å². The van der Waals surface area contributed by atoms with Crippen molar-refractivity contribution in [3.8, 4) is 0 Å². The molecule has 24 heavy (non-hydrogen) atoms. The van der Waals surface area contributed by atoms with E-state index in [1.807, 2.05) is 5.38 Å². The molecule has 4 nitrogen and oxygen atoms in total. The monoisotopic (exact) mass is 345 g/mol. The first-order valence-electron chi connectivity index (χ1n) is 8.45. The number of benzene rings is 1. The molecule has 0 radical (unpaired) electrons. The fourth-order valence-electron chi connectivity index (χ4n) is 2.36. The first-order valence-corrected chi connectivity index (χ1v) is 9.33. The van der Waals surface area contributed by atoms with Gasteiger partial charge in [-0.25, -0.2) is 4.98 Å². The van der Waals surface area contributed by atoms with E-state index >= 15 is 0 Å². The lowest BCUT2D eigenvalue weighted by atomic mass is 10.1. The molecule has 0 saturated carbocycles. The quantitative estimate of drug-likeness (QED) is 0.795. The van der Waals surface area contributed by atoms with Gasteiger partial charge in [-0.05, 0) is 24.7 Å². The first kappa shape index (κ1) is 18.6. The van der Waals surface area contributed by atoms with Gasteiger partial charge in [0.05, 0.1) is 17.1 Å². The molecular formula is C19H27N3OS. The molecule has 0 atom stereocenters. The van der Waals surface area contributed by atoms with Crippen molar-refractivity contribution in [3.63, 3.8) is 0 Å². The summed E-state index contributed by atoms with van der Waals surface area (Å²) in [6.07, 6.45) is 0.349. The van der Waals surface area contributed by atoms with Crippen molar-refractivity contribution in [2.75, 3.05) is 13.6 Å². The highest BCUT2D eigenvalue weighted by Crippen LogP contribution is 2.19. The predicted octanol–water partition coefficient (Wildman–Crippen LogP) is 3.58. The fraction of sp³-hybridized carbons (Fsp3) is 0.474. The summed E-state index contributed by atoms with van der Waals surface area (Å²) in [6.45, 7) is 8.89. The number of carbonyl (C=O) groups is 1. The Bertz CT molecular complexity index is 666.